The number of thiophene rings is 1. The largest absolute Gasteiger partial charge is 0.389 e. The van der Waals surface area contributed by atoms with E-state index in [1.807, 2.05) is 6.07 Å². The first-order chi connectivity index (χ1) is 17.5. The van der Waals surface area contributed by atoms with Gasteiger partial charge in [-0.25, -0.2) is 13.8 Å². The number of amides is 1. The van der Waals surface area contributed by atoms with Crippen LogP contribution in [0, 0.1) is 23.0 Å². The van der Waals surface area contributed by atoms with E-state index < -0.39 is 57.8 Å². The molecule has 1 unspecified atom stereocenters. The molecular weight excluding hydrogens is 530 g/mol. The third-order valence-corrected chi connectivity index (χ3v) is 7.84. The van der Waals surface area contributed by atoms with Crippen LogP contribution in [0.4, 0.5) is 28.4 Å². The third-order valence-electron chi connectivity index (χ3n) is 6.43. The van der Waals surface area contributed by atoms with E-state index in [2.05, 4.69) is 4.98 Å². The molecule has 0 radical (unpaired) electrons. The summed E-state index contributed by atoms with van der Waals surface area (Å²) in [5, 5.41) is 8.79. The predicted octanol–water partition coefficient (Wildman–Crippen LogP) is 6.24. The lowest BCUT2D eigenvalue weighted by molar-refractivity contribution is -0.0484. The van der Waals surface area contributed by atoms with Crippen molar-refractivity contribution in [2.45, 2.75) is 18.9 Å². The number of anilines is 2. The Kier molecular flexibility index (Phi) is 5.77. The van der Waals surface area contributed by atoms with Gasteiger partial charge in [0.1, 0.15) is 28.5 Å². The summed E-state index contributed by atoms with van der Waals surface area (Å²) in [7, 11) is 0. The molecule has 0 fully saturated rings. The van der Waals surface area contributed by atoms with E-state index in [1.165, 1.54) is 13.1 Å². The van der Waals surface area contributed by atoms with Crippen LogP contribution in [0.25, 0.3) is 21.2 Å². The van der Waals surface area contributed by atoms with E-state index in [1.54, 1.807) is 12.1 Å². The van der Waals surface area contributed by atoms with Crippen molar-refractivity contribution in [3.8, 4) is 17.2 Å². The van der Waals surface area contributed by atoms with Crippen molar-refractivity contribution in [3.05, 3.63) is 75.4 Å². The van der Waals surface area contributed by atoms with E-state index in [0.717, 1.165) is 28.4 Å². The SMILES string of the molecule is CC(c1cccnc1N)N1CC(F)(F)c2c(cc(F)c(-c3ccc(F)c4sc(N)c(C#N)c34)c2Cl)C1=O. The van der Waals surface area contributed by atoms with E-state index >= 15 is 13.2 Å². The number of halogens is 5. The van der Waals surface area contributed by atoms with Crippen molar-refractivity contribution in [1.29, 1.82) is 5.26 Å². The molecule has 188 valence electrons. The highest BCUT2D eigenvalue weighted by Crippen LogP contribution is 2.50. The Morgan fingerprint density at radius 1 is 1.22 bits per heavy atom. The fourth-order valence-corrected chi connectivity index (χ4v) is 6.07. The van der Waals surface area contributed by atoms with Gasteiger partial charge < -0.3 is 16.4 Å². The summed E-state index contributed by atoms with van der Waals surface area (Å²) >= 11 is 7.18. The summed E-state index contributed by atoms with van der Waals surface area (Å²) in [5.41, 5.74) is 9.92. The average Bonchev–Trinajstić information content (AvgIpc) is 3.19. The molecule has 2 aromatic heterocycles. The normalized spacial score (nSPS) is 15.5. The number of fused-ring (bicyclic) bond motifs is 2. The summed E-state index contributed by atoms with van der Waals surface area (Å²) in [5.74, 6) is -6.29. The van der Waals surface area contributed by atoms with Crippen LogP contribution in [0.2, 0.25) is 5.02 Å². The van der Waals surface area contributed by atoms with Crippen LogP contribution in [0.15, 0.2) is 36.5 Å². The van der Waals surface area contributed by atoms with E-state index in [0.29, 0.717) is 11.6 Å². The number of alkyl halides is 2. The van der Waals surface area contributed by atoms with Gasteiger partial charge in [-0.2, -0.15) is 14.0 Å². The van der Waals surface area contributed by atoms with Crippen molar-refractivity contribution < 1.29 is 22.4 Å². The Hall–Kier alpha value is -3.88. The van der Waals surface area contributed by atoms with Crippen LogP contribution in [0.1, 0.15) is 40.0 Å². The molecule has 0 saturated carbocycles. The monoisotopic (exact) mass is 545 g/mol. The lowest BCUT2D eigenvalue weighted by Gasteiger charge is -2.38. The predicted molar refractivity (Wildman–Crippen MR) is 133 cm³/mol. The molecule has 2 aromatic carbocycles. The minimum atomic E-state index is -3.68. The van der Waals surface area contributed by atoms with Gasteiger partial charge in [0.2, 0.25) is 0 Å². The number of nitriles is 1. The second-order valence-corrected chi connectivity index (χ2v) is 9.94. The molecule has 4 aromatic rings. The van der Waals surface area contributed by atoms with Crippen LogP contribution in [0.5, 0.6) is 0 Å². The highest BCUT2D eigenvalue weighted by Gasteiger charge is 2.48. The maximum Gasteiger partial charge on any atom is 0.292 e. The zero-order valence-corrected chi connectivity index (χ0v) is 20.5. The number of benzene rings is 2. The summed E-state index contributed by atoms with van der Waals surface area (Å²) in [6.45, 7) is 0.463. The Bertz CT molecular complexity index is 1670. The number of carbonyl (C=O) groups excluding carboxylic acids is 1. The van der Waals surface area contributed by atoms with E-state index in [9.17, 15) is 14.4 Å². The number of pyridine rings is 1. The molecule has 0 bridgehead atoms. The second-order valence-electron chi connectivity index (χ2n) is 8.51. The molecule has 1 aliphatic heterocycles. The summed E-state index contributed by atoms with van der Waals surface area (Å²) in [6.07, 6.45) is 1.43. The Balaban J connectivity index is 1.72. The van der Waals surface area contributed by atoms with Crippen LogP contribution in [-0.2, 0) is 5.92 Å². The molecule has 0 spiro atoms. The highest BCUT2D eigenvalue weighted by atomic mass is 35.5. The maximum absolute atomic E-state index is 15.6. The number of aromatic nitrogens is 1. The number of nitrogens with two attached hydrogens (primary N) is 2. The molecule has 6 nitrogen and oxygen atoms in total. The van der Waals surface area contributed by atoms with Gasteiger partial charge in [-0.1, -0.05) is 23.7 Å². The standard InChI is InChI=1S/C25H16ClF4N5OS/c1-10(11-3-2-6-34-22(11)32)35-9-25(29,30)19-13(24(35)36)7-16(28)18(20(19)26)12-4-5-15(27)21-17(12)14(8-31)23(33)37-21/h2-7,10H,9,33H2,1H3,(H2,32,34). The van der Waals surface area contributed by atoms with Gasteiger partial charge in [0.25, 0.3) is 11.8 Å². The Labute approximate surface area is 216 Å². The van der Waals surface area contributed by atoms with Crippen LogP contribution < -0.4 is 11.5 Å². The molecular formula is C25H16ClF4N5OS. The maximum atomic E-state index is 15.6. The van der Waals surface area contributed by atoms with Crippen molar-refractivity contribution in [3.63, 3.8) is 0 Å². The first-order valence-electron chi connectivity index (χ1n) is 10.8. The molecule has 1 atom stereocenters. The van der Waals surface area contributed by atoms with Gasteiger partial charge in [0.05, 0.1) is 39.0 Å². The van der Waals surface area contributed by atoms with Crippen LogP contribution in [-0.4, -0.2) is 22.3 Å². The van der Waals surface area contributed by atoms with E-state index in [-0.39, 0.29) is 32.0 Å². The molecule has 1 amide bonds. The van der Waals surface area contributed by atoms with Crippen molar-refractivity contribution in [2.75, 3.05) is 18.0 Å². The quantitative estimate of drug-likeness (QED) is 0.296. The molecule has 0 saturated heterocycles. The van der Waals surface area contributed by atoms with Gasteiger partial charge >= 0.3 is 0 Å². The minimum absolute atomic E-state index is 0.0156. The molecule has 5 rings (SSSR count). The summed E-state index contributed by atoms with van der Waals surface area (Å²) in [6, 6.07) is 6.91. The number of nitrogens with zero attached hydrogens (tertiary/aromatic N) is 3. The van der Waals surface area contributed by atoms with Gasteiger partial charge in [-0.05, 0) is 30.7 Å². The molecule has 12 heteroatoms. The fourth-order valence-electron chi connectivity index (χ4n) is 4.68. The molecule has 4 N–H and O–H groups in total. The smallest absolute Gasteiger partial charge is 0.292 e. The first kappa shape index (κ1) is 24.8. The average molecular weight is 546 g/mol. The van der Waals surface area contributed by atoms with Crippen LogP contribution in [0.3, 0.4) is 0 Å². The zero-order valence-electron chi connectivity index (χ0n) is 19.0. The second kappa shape index (κ2) is 8.61. The minimum Gasteiger partial charge on any atom is -0.389 e. The molecule has 3 heterocycles. The lowest BCUT2D eigenvalue weighted by Crippen LogP contribution is -2.47. The number of carbonyl (C=O) groups is 1. The third kappa shape index (κ3) is 3.67. The molecule has 1 aliphatic rings. The number of hydrogen-bond donors (Lipinski definition) is 2. The topological polar surface area (TPSA) is 109 Å². The van der Waals surface area contributed by atoms with Gasteiger partial charge in [-0.15, -0.1) is 11.3 Å². The van der Waals surface area contributed by atoms with Gasteiger partial charge in [0.15, 0.2) is 0 Å². The van der Waals surface area contributed by atoms with Crippen LogP contribution >= 0.6 is 22.9 Å². The van der Waals surface area contributed by atoms with E-state index in [4.69, 9.17) is 23.1 Å². The highest BCUT2D eigenvalue weighted by molar-refractivity contribution is 7.23. The van der Waals surface area contributed by atoms with Gasteiger partial charge in [0, 0.05) is 22.7 Å². The Morgan fingerprint density at radius 3 is 2.62 bits per heavy atom. The Morgan fingerprint density at radius 2 is 1.95 bits per heavy atom. The van der Waals surface area contributed by atoms with Crippen molar-refractivity contribution in [1.82, 2.24) is 9.88 Å². The number of rotatable bonds is 3. The first-order valence-corrected chi connectivity index (χ1v) is 12.0. The van der Waals surface area contributed by atoms with Crippen molar-refractivity contribution >= 4 is 49.7 Å². The molecule has 0 aliphatic carbocycles. The number of hydrogen-bond acceptors (Lipinski definition) is 6. The zero-order chi connectivity index (χ0) is 26.8. The molecule has 37 heavy (non-hydrogen) atoms. The fraction of sp³-hybridized carbons (Fsp3) is 0.160. The van der Waals surface area contributed by atoms with Gasteiger partial charge in [-0.3, -0.25) is 4.79 Å². The van der Waals surface area contributed by atoms with Crippen molar-refractivity contribution in [2.24, 2.45) is 0 Å². The summed E-state index contributed by atoms with van der Waals surface area (Å²) < 4.78 is 61.3. The number of nitrogen functional groups attached to an aromatic ring is 2. The summed E-state index contributed by atoms with van der Waals surface area (Å²) in [4.78, 5) is 18.2. The lowest BCUT2D eigenvalue weighted by atomic mass is 9.88.